The molecule has 0 aliphatic heterocycles. The van der Waals surface area contributed by atoms with E-state index in [4.69, 9.17) is 5.73 Å². The molecule has 0 radical (unpaired) electrons. The van der Waals surface area contributed by atoms with Gasteiger partial charge in [0.05, 0.1) is 16.9 Å². The van der Waals surface area contributed by atoms with Crippen LogP contribution in [-0.4, -0.2) is 20.9 Å². The summed E-state index contributed by atoms with van der Waals surface area (Å²) in [6.45, 7) is 4.05. The zero-order chi connectivity index (χ0) is 13.3. The highest BCUT2D eigenvalue weighted by atomic mass is 16.4. The molecule has 0 aliphatic rings. The third kappa shape index (κ3) is 2.07. The van der Waals surface area contributed by atoms with Crippen LogP contribution < -0.4 is 5.73 Å². The molecule has 0 bridgehead atoms. The van der Waals surface area contributed by atoms with Gasteiger partial charge in [-0.3, -0.25) is 0 Å². The monoisotopic (exact) mass is 245 g/mol. The third-order valence-electron chi connectivity index (χ3n) is 2.73. The standard InChI is InChI=1S/C13H15N3O2/c1-8(2)11-6-7-16(15-11)12-9(13(17)18)4-3-5-10(12)14/h3-8H,14H2,1-2H3,(H,17,18). The van der Waals surface area contributed by atoms with Gasteiger partial charge in [0.25, 0.3) is 0 Å². The molecule has 3 N–H and O–H groups in total. The highest BCUT2D eigenvalue weighted by molar-refractivity contribution is 5.94. The molecule has 94 valence electrons. The van der Waals surface area contributed by atoms with Gasteiger partial charge in [-0.1, -0.05) is 19.9 Å². The summed E-state index contributed by atoms with van der Waals surface area (Å²) in [5.41, 5.74) is 7.71. The number of nitrogens with zero attached hydrogens (tertiary/aromatic N) is 2. The van der Waals surface area contributed by atoms with Gasteiger partial charge >= 0.3 is 5.97 Å². The van der Waals surface area contributed by atoms with E-state index in [1.807, 2.05) is 19.9 Å². The van der Waals surface area contributed by atoms with Gasteiger partial charge in [0.2, 0.25) is 0 Å². The van der Waals surface area contributed by atoms with E-state index in [1.54, 1.807) is 18.3 Å². The topological polar surface area (TPSA) is 81.1 Å². The van der Waals surface area contributed by atoms with Crippen LogP contribution in [0.2, 0.25) is 0 Å². The van der Waals surface area contributed by atoms with Gasteiger partial charge in [0, 0.05) is 6.20 Å². The molecule has 5 heteroatoms. The van der Waals surface area contributed by atoms with E-state index in [1.165, 1.54) is 10.7 Å². The summed E-state index contributed by atoms with van der Waals surface area (Å²) in [7, 11) is 0. The molecule has 0 saturated carbocycles. The van der Waals surface area contributed by atoms with Crippen LogP contribution in [0.3, 0.4) is 0 Å². The summed E-state index contributed by atoms with van der Waals surface area (Å²) in [6, 6.07) is 6.67. The van der Waals surface area contributed by atoms with Gasteiger partial charge in [-0.15, -0.1) is 0 Å². The fraction of sp³-hybridized carbons (Fsp3) is 0.231. The van der Waals surface area contributed by atoms with Crippen molar-refractivity contribution in [3.8, 4) is 5.69 Å². The minimum atomic E-state index is -1.01. The Morgan fingerprint density at radius 2 is 2.11 bits per heavy atom. The maximum Gasteiger partial charge on any atom is 0.337 e. The van der Waals surface area contributed by atoms with Gasteiger partial charge in [0.1, 0.15) is 5.69 Å². The summed E-state index contributed by atoms with van der Waals surface area (Å²) < 4.78 is 1.52. The maximum absolute atomic E-state index is 11.2. The van der Waals surface area contributed by atoms with E-state index in [2.05, 4.69) is 5.10 Å². The Labute approximate surface area is 105 Å². The second-order valence-electron chi connectivity index (χ2n) is 4.39. The van der Waals surface area contributed by atoms with Crippen LogP contribution in [0.4, 0.5) is 5.69 Å². The average molecular weight is 245 g/mol. The molecule has 0 amide bonds. The SMILES string of the molecule is CC(C)c1ccn(-c2c(N)cccc2C(=O)O)n1. The first-order valence-electron chi connectivity index (χ1n) is 5.68. The summed E-state index contributed by atoms with van der Waals surface area (Å²) in [4.78, 5) is 11.2. The van der Waals surface area contributed by atoms with Gasteiger partial charge in [-0.2, -0.15) is 5.10 Å². The smallest absolute Gasteiger partial charge is 0.337 e. The molecule has 0 fully saturated rings. The van der Waals surface area contributed by atoms with Gasteiger partial charge in [-0.05, 0) is 24.1 Å². The molecule has 18 heavy (non-hydrogen) atoms. The first-order chi connectivity index (χ1) is 8.50. The highest BCUT2D eigenvalue weighted by Crippen LogP contribution is 2.23. The normalized spacial score (nSPS) is 10.8. The van der Waals surface area contributed by atoms with Gasteiger partial charge in [-0.25, -0.2) is 9.48 Å². The molecule has 0 aliphatic carbocycles. The highest BCUT2D eigenvalue weighted by Gasteiger charge is 2.15. The van der Waals surface area contributed by atoms with E-state index in [9.17, 15) is 9.90 Å². The van der Waals surface area contributed by atoms with Crippen LogP contribution in [0, 0.1) is 0 Å². The number of carbonyl (C=O) groups is 1. The van der Waals surface area contributed by atoms with Crippen LogP contribution in [0.25, 0.3) is 5.69 Å². The zero-order valence-electron chi connectivity index (χ0n) is 10.3. The fourth-order valence-corrected chi connectivity index (χ4v) is 1.76. The van der Waals surface area contributed by atoms with Crippen LogP contribution in [0.1, 0.15) is 35.8 Å². The Morgan fingerprint density at radius 3 is 2.67 bits per heavy atom. The molecule has 1 heterocycles. The van der Waals surface area contributed by atoms with E-state index < -0.39 is 5.97 Å². The fourth-order valence-electron chi connectivity index (χ4n) is 1.76. The van der Waals surface area contributed by atoms with Crippen molar-refractivity contribution in [1.82, 2.24) is 9.78 Å². The Balaban J connectivity index is 2.58. The van der Waals surface area contributed by atoms with Crippen molar-refractivity contribution in [3.05, 3.63) is 41.7 Å². The molecular formula is C13H15N3O2. The number of aromatic nitrogens is 2. The van der Waals surface area contributed by atoms with Crippen molar-refractivity contribution in [2.24, 2.45) is 0 Å². The number of carboxylic acid groups (broad SMARTS) is 1. The predicted molar refractivity (Wildman–Crippen MR) is 69.0 cm³/mol. The molecule has 1 aromatic carbocycles. The van der Waals surface area contributed by atoms with Crippen LogP contribution in [0.15, 0.2) is 30.5 Å². The van der Waals surface area contributed by atoms with E-state index >= 15 is 0 Å². The van der Waals surface area contributed by atoms with Crippen molar-refractivity contribution in [1.29, 1.82) is 0 Å². The van der Waals surface area contributed by atoms with Crippen molar-refractivity contribution in [3.63, 3.8) is 0 Å². The Hall–Kier alpha value is -2.30. The van der Waals surface area contributed by atoms with Crippen LogP contribution in [-0.2, 0) is 0 Å². The van der Waals surface area contributed by atoms with Crippen LogP contribution in [0.5, 0.6) is 0 Å². The number of anilines is 1. The number of carboxylic acids is 1. The largest absolute Gasteiger partial charge is 0.478 e. The molecule has 5 nitrogen and oxygen atoms in total. The molecule has 0 unspecified atom stereocenters. The summed E-state index contributed by atoms with van der Waals surface area (Å²) in [5.74, 6) is -0.733. The number of benzene rings is 1. The lowest BCUT2D eigenvalue weighted by Gasteiger charge is -2.09. The minimum Gasteiger partial charge on any atom is -0.478 e. The lowest BCUT2D eigenvalue weighted by atomic mass is 10.1. The minimum absolute atomic E-state index is 0.147. The lowest BCUT2D eigenvalue weighted by molar-refractivity contribution is 0.0697. The second-order valence-corrected chi connectivity index (χ2v) is 4.39. The summed E-state index contributed by atoms with van der Waals surface area (Å²) in [5, 5.41) is 13.5. The molecule has 0 atom stereocenters. The number of hydrogen-bond donors (Lipinski definition) is 2. The average Bonchev–Trinajstić information content (AvgIpc) is 2.77. The first kappa shape index (κ1) is 12.2. The number of rotatable bonds is 3. The molecule has 0 saturated heterocycles. The predicted octanol–water partition coefficient (Wildman–Crippen LogP) is 2.28. The van der Waals surface area contributed by atoms with Crippen molar-refractivity contribution in [2.45, 2.75) is 19.8 Å². The Morgan fingerprint density at radius 1 is 1.39 bits per heavy atom. The second kappa shape index (κ2) is 4.52. The maximum atomic E-state index is 11.2. The summed E-state index contributed by atoms with van der Waals surface area (Å²) in [6.07, 6.45) is 1.73. The third-order valence-corrected chi connectivity index (χ3v) is 2.73. The number of aromatic carboxylic acids is 1. The van der Waals surface area contributed by atoms with E-state index in [0.717, 1.165) is 5.69 Å². The quantitative estimate of drug-likeness (QED) is 0.813. The van der Waals surface area contributed by atoms with Crippen LogP contribution >= 0.6 is 0 Å². The Bertz CT molecular complexity index is 588. The lowest BCUT2D eigenvalue weighted by Crippen LogP contribution is -2.09. The van der Waals surface area contributed by atoms with Crippen molar-refractivity contribution >= 4 is 11.7 Å². The number of hydrogen-bond acceptors (Lipinski definition) is 3. The Kier molecular flexibility index (Phi) is 3.06. The zero-order valence-corrected chi connectivity index (χ0v) is 10.3. The first-order valence-corrected chi connectivity index (χ1v) is 5.68. The molecule has 0 spiro atoms. The van der Waals surface area contributed by atoms with Crippen molar-refractivity contribution in [2.75, 3.05) is 5.73 Å². The van der Waals surface area contributed by atoms with E-state index in [-0.39, 0.29) is 11.5 Å². The van der Waals surface area contributed by atoms with Crippen molar-refractivity contribution < 1.29 is 9.90 Å². The molecule has 2 rings (SSSR count). The van der Waals surface area contributed by atoms with Gasteiger partial charge < -0.3 is 10.8 Å². The number of nitrogen functional groups attached to an aromatic ring is 1. The number of nitrogens with two attached hydrogens (primary N) is 1. The molecular weight excluding hydrogens is 230 g/mol. The number of para-hydroxylation sites is 1. The molecule has 1 aromatic heterocycles. The molecule has 2 aromatic rings. The van der Waals surface area contributed by atoms with Gasteiger partial charge in [0.15, 0.2) is 0 Å². The summed E-state index contributed by atoms with van der Waals surface area (Å²) >= 11 is 0. The van der Waals surface area contributed by atoms with E-state index in [0.29, 0.717) is 11.4 Å².